The highest BCUT2D eigenvalue weighted by molar-refractivity contribution is 7.96. The highest BCUT2D eigenvalue weighted by Gasteiger charge is 2.33. The maximum Gasteiger partial charge on any atom is 0.0626 e. The molecule has 1 saturated heterocycles. The molecule has 1 aliphatic heterocycles. The second-order valence-corrected chi connectivity index (χ2v) is 5.73. The minimum atomic E-state index is 0.335. The Morgan fingerprint density at radius 1 is 1.38 bits per heavy atom. The Kier molecular flexibility index (Phi) is 6.11. The van der Waals surface area contributed by atoms with E-state index in [1.165, 1.54) is 6.42 Å². The molecule has 1 fully saturated rings. The number of hydrogen-bond donors (Lipinski definition) is 1. The lowest BCUT2D eigenvalue weighted by Gasteiger charge is -2.28. The van der Waals surface area contributed by atoms with Gasteiger partial charge in [-0.3, -0.25) is 9.62 Å². The molecule has 16 heavy (non-hydrogen) atoms. The van der Waals surface area contributed by atoms with E-state index >= 15 is 0 Å². The van der Waals surface area contributed by atoms with Gasteiger partial charge >= 0.3 is 0 Å². The Morgan fingerprint density at radius 2 is 2.06 bits per heavy atom. The van der Waals surface area contributed by atoms with Crippen LogP contribution in [0.1, 0.15) is 34.1 Å². The lowest BCUT2D eigenvalue weighted by Crippen LogP contribution is -2.39. The zero-order valence-corrected chi connectivity index (χ0v) is 12.0. The first-order valence-corrected chi connectivity index (χ1v) is 7.43. The Morgan fingerprint density at radius 3 is 2.56 bits per heavy atom. The molecule has 1 aliphatic rings. The Balaban J connectivity index is 2.45. The van der Waals surface area contributed by atoms with Gasteiger partial charge in [-0.05, 0) is 40.4 Å². The van der Waals surface area contributed by atoms with Gasteiger partial charge in [0.25, 0.3) is 0 Å². The van der Waals surface area contributed by atoms with Crippen LogP contribution in [0, 0.1) is 0 Å². The highest BCUT2D eigenvalue weighted by atomic mass is 32.2. The molecule has 0 aliphatic carbocycles. The molecule has 0 aromatic carbocycles. The van der Waals surface area contributed by atoms with Crippen LogP contribution in [-0.4, -0.2) is 48.5 Å². The van der Waals surface area contributed by atoms with Gasteiger partial charge in [-0.1, -0.05) is 11.9 Å². The zero-order valence-electron chi connectivity index (χ0n) is 11.2. The van der Waals surface area contributed by atoms with Crippen molar-refractivity contribution in [3.63, 3.8) is 0 Å². The first kappa shape index (κ1) is 14.3. The molecule has 1 heterocycles. The first-order chi connectivity index (χ1) is 7.54. The lowest BCUT2D eigenvalue weighted by molar-refractivity contribution is 0.0299. The van der Waals surface area contributed by atoms with Crippen molar-refractivity contribution in [2.24, 2.45) is 0 Å². The zero-order chi connectivity index (χ0) is 12.1. The molecule has 2 atom stereocenters. The Hall–Kier alpha value is 0.230. The normalized spacial score (nSPS) is 27.2. The fourth-order valence-electron chi connectivity index (χ4n) is 2.29. The predicted octanol–water partition coefficient (Wildman–Crippen LogP) is 2.13. The molecule has 0 aromatic heterocycles. The van der Waals surface area contributed by atoms with Crippen molar-refractivity contribution in [1.29, 1.82) is 0 Å². The van der Waals surface area contributed by atoms with Crippen molar-refractivity contribution in [3.8, 4) is 0 Å². The van der Waals surface area contributed by atoms with Gasteiger partial charge in [0.1, 0.15) is 0 Å². The Bertz CT molecular complexity index is 199. The number of rotatable bonds is 6. The van der Waals surface area contributed by atoms with Crippen molar-refractivity contribution in [2.45, 2.75) is 58.3 Å². The minimum absolute atomic E-state index is 0.335. The van der Waals surface area contributed by atoms with Crippen LogP contribution in [0.4, 0.5) is 0 Å². The van der Waals surface area contributed by atoms with Crippen LogP contribution in [0.25, 0.3) is 0 Å². The molecule has 0 spiro atoms. The van der Waals surface area contributed by atoms with E-state index in [0.717, 1.165) is 13.2 Å². The minimum Gasteiger partial charge on any atom is -0.377 e. The second-order valence-electron chi connectivity index (χ2n) is 5.08. The summed E-state index contributed by atoms with van der Waals surface area (Å²) in [5.41, 5.74) is 0. The summed E-state index contributed by atoms with van der Waals surface area (Å²) in [4.78, 5) is 2.55. The maximum atomic E-state index is 5.76. The summed E-state index contributed by atoms with van der Waals surface area (Å²) in [6.45, 7) is 10.7. The average Bonchev–Trinajstić information content (AvgIpc) is 2.59. The van der Waals surface area contributed by atoms with Crippen LogP contribution in [0.2, 0.25) is 0 Å². The molecule has 96 valence electrons. The van der Waals surface area contributed by atoms with E-state index in [9.17, 15) is 0 Å². The third-order valence-corrected chi connectivity index (χ3v) is 3.60. The molecule has 0 aromatic rings. The fourth-order valence-corrected chi connectivity index (χ4v) is 2.80. The molecule has 0 unspecified atom stereocenters. The van der Waals surface area contributed by atoms with E-state index in [-0.39, 0.29) is 0 Å². The molecule has 3 nitrogen and oxygen atoms in total. The molecule has 1 N–H and O–H groups in total. The van der Waals surface area contributed by atoms with Crippen molar-refractivity contribution in [2.75, 3.05) is 19.4 Å². The summed E-state index contributed by atoms with van der Waals surface area (Å²) in [6, 6.07) is 1.79. The average molecular weight is 246 g/mol. The second kappa shape index (κ2) is 6.84. The van der Waals surface area contributed by atoms with Crippen LogP contribution >= 0.6 is 11.9 Å². The number of nitrogens with zero attached hydrogens (tertiary/aromatic N) is 1. The van der Waals surface area contributed by atoms with Crippen molar-refractivity contribution >= 4 is 11.9 Å². The van der Waals surface area contributed by atoms with Crippen LogP contribution in [0.15, 0.2) is 0 Å². The third-order valence-electron chi connectivity index (χ3n) is 3.03. The van der Waals surface area contributed by atoms with Gasteiger partial charge in [-0.25, -0.2) is 0 Å². The summed E-state index contributed by atoms with van der Waals surface area (Å²) in [5, 5.41) is 0. The van der Waals surface area contributed by atoms with Gasteiger partial charge < -0.3 is 4.74 Å². The van der Waals surface area contributed by atoms with Gasteiger partial charge in [0.05, 0.1) is 12.7 Å². The predicted molar refractivity (Wildman–Crippen MR) is 71.8 cm³/mol. The van der Waals surface area contributed by atoms with Gasteiger partial charge in [-0.2, -0.15) is 0 Å². The standard InChI is InChI=1S/C12H26N2OS/c1-9(2)14-7-11(13-16-5)6-12(14)8-15-10(3)4/h9-13H,6-8H2,1-5H3/t11-,12+/m1/s1. The van der Waals surface area contributed by atoms with Crippen LogP contribution in [0.5, 0.6) is 0 Å². The molecule has 0 amide bonds. The smallest absolute Gasteiger partial charge is 0.0626 e. The fraction of sp³-hybridized carbons (Fsp3) is 1.00. The maximum absolute atomic E-state index is 5.76. The number of likely N-dealkylation sites (tertiary alicyclic amines) is 1. The molecule has 4 heteroatoms. The van der Waals surface area contributed by atoms with Crippen LogP contribution < -0.4 is 4.72 Å². The molecule has 0 radical (unpaired) electrons. The SMILES string of the molecule is CSN[C@@H]1C[C@@H](COC(C)C)N(C(C)C)C1. The van der Waals surface area contributed by atoms with E-state index in [4.69, 9.17) is 4.74 Å². The largest absolute Gasteiger partial charge is 0.377 e. The molecule has 0 saturated carbocycles. The molecular formula is C12H26N2OS. The first-order valence-electron chi connectivity index (χ1n) is 6.20. The topological polar surface area (TPSA) is 24.5 Å². The number of nitrogens with one attached hydrogen (secondary N) is 1. The van der Waals surface area contributed by atoms with E-state index in [0.29, 0.717) is 24.2 Å². The van der Waals surface area contributed by atoms with E-state index in [2.05, 4.69) is 43.6 Å². The monoisotopic (exact) mass is 246 g/mol. The number of ether oxygens (including phenoxy) is 1. The van der Waals surface area contributed by atoms with E-state index in [1.807, 2.05) is 0 Å². The summed E-state index contributed by atoms with van der Waals surface area (Å²) < 4.78 is 9.22. The lowest BCUT2D eigenvalue weighted by atomic mass is 10.2. The molecular weight excluding hydrogens is 220 g/mol. The van der Waals surface area contributed by atoms with Crippen molar-refractivity contribution < 1.29 is 4.74 Å². The van der Waals surface area contributed by atoms with Crippen LogP contribution in [0.3, 0.4) is 0 Å². The Labute approximate surface area is 104 Å². The van der Waals surface area contributed by atoms with Gasteiger partial charge in [0.15, 0.2) is 0 Å². The summed E-state index contributed by atoms with van der Waals surface area (Å²) >= 11 is 1.72. The van der Waals surface area contributed by atoms with Gasteiger partial charge in [0, 0.05) is 24.7 Å². The highest BCUT2D eigenvalue weighted by Crippen LogP contribution is 2.22. The third kappa shape index (κ3) is 4.24. The van der Waals surface area contributed by atoms with Crippen molar-refractivity contribution in [3.05, 3.63) is 0 Å². The van der Waals surface area contributed by atoms with Gasteiger partial charge in [-0.15, -0.1) is 0 Å². The quantitative estimate of drug-likeness (QED) is 0.726. The summed E-state index contributed by atoms with van der Waals surface area (Å²) in [7, 11) is 0. The summed E-state index contributed by atoms with van der Waals surface area (Å²) in [6.07, 6.45) is 3.63. The van der Waals surface area contributed by atoms with E-state index < -0.39 is 0 Å². The summed E-state index contributed by atoms with van der Waals surface area (Å²) in [5.74, 6) is 0. The van der Waals surface area contributed by atoms with Crippen LogP contribution in [-0.2, 0) is 4.74 Å². The van der Waals surface area contributed by atoms with Gasteiger partial charge in [0.2, 0.25) is 0 Å². The van der Waals surface area contributed by atoms with Crippen molar-refractivity contribution in [1.82, 2.24) is 9.62 Å². The molecule has 0 bridgehead atoms. The van der Waals surface area contributed by atoms with E-state index in [1.54, 1.807) is 11.9 Å². The molecule has 1 rings (SSSR count). The number of hydrogen-bond acceptors (Lipinski definition) is 4.